The molecule has 0 spiro atoms. The van der Waals surface area contributed by atoms with Crippen LogP contribution in [0.25, 0.3) is 44.8 Å². The predicted molar refractivity (Wildman–Crippen MR) is 286 cm³/mol. The van der Waals surface area contributed by atoms with Crippen LogP contribution in [-0.4, -0.2) is 75.2 Å². The summed E-state index contributed by atoms with van der Waals surface area (Å²) in [7, 11) is 0.290. The predicted octanol–water partition coefficient (Wildman–Crippen LogP) is 8.94. The van der Waals surface area contributed by atoms with E-state index in [0.29, 0.717) is 79.3 Å². The van der Waals surface area contributed by atoms with Gasteiger partial charge in [-0.25, -0.2) is 26.8 Å². The maximum atomic E-state index is 13.9. The lowest BCUT2D eigenvalue weighted by molar-refractivity contribution is 0.103. The first kappa shape index (κ1) is 52.5. The summed E-state index contributed by atoms with van der Waals surface area (Å²) in [5, 5.41) is 20.0. The van der Waals surface area contributed by atoms with Crippen molar-refractivity contribution in [3.8, 4) is 91.4 Å². The van der Waals surface area contributed by atoms with E-state index >= 15 is 0 Å². The number of nitrogen functional groups attached to an aromatic ring is 2. The molecule has 0 aliphatic heterocycles. The van der Waals surface area contributed by atoms with E-state index < -0.39 is 25.8 Å². The van der Waals surface area contributed by atoms with E-state index in [4.69, 9.17) is 39.9 Å². The zero-order valence-electron chi connectivity index (χ0n) is 41.5. The highest BCUT2D eigenvalue weighted by atomic mass is 32.2. The number of nitrogens with two attached hydrogens (primary N) is 2. The fourth-order valence-corrected chi connectivity index (χ4v) is 10.4. The van der Waals surface area contributed by atoms with Crippen LogP contribution in [-0.2, 0) is 20.0 Å². The summed E-state index contributed by atoms with van der Waals surface area (Å²) in [5.74, 6) is 1.45. The lowest BCUT2D eigenvalue weighted by Gasteiger charge is -2.16. The highest BCUT2D eigenvalue weighted by Crippen LogP contribution is 2.45. The number of ether oxygens (including phenoxy) is 6. The van der Waals surface area contributed by atoms with Crippen LogP contribution < -0.4 is 49.3 Å². The standard InChI is InChI=1S/C55H46N8O11S2/c1-69-47-23-35(24-48(70-2)52(47)73-5)41-27-45(60-54(58)43(41)29-56)31-13-17-37(18-14-31)62-75(65,66)39-11-7-9-33(21-39)51(64)34-10-8-12-40(22-34)76(67,68)63-38-19-15-32(16-20-38)46-28-42(44(30-57)55(59)61-46)36-25-49(71-3)53(74-6)50(26-36)72-4/h7-28,62-63H,1-6H3,(H2,58,60)(H2,59,61). The maximum Gasteiger partial charge on any atom is 0.261 e. The third-order valence-electron chi connectivity index (χ3n) is 11.9. The molecule has 0 fully saturated rings. The number of rotatable bonds is 18. The Bertz CT molecular complexity index is 3600. The molecule has 0 atom stereocenters. The molecule has 6 N–H and O–H groups in total. The van der Waals surface area contributed by atoms with Crippen molar-refractivity contribution in [1.29, 1.82) is 10.5 Å². The largest absolute Gasteiger partial charge is 0.493 e. The van der Waals surface area contributed by atoms with Crippen molar-refractivity contribution in [2.75, 3.05) is 63.6 Å². The number of ketones is 1. The summed E-state index contributed by atoms with van der Waals surface area (Å²) in [4.78, 5) is 22.3. The van der Waals surface area contributed by atoms with E-state index in [1.165, 1.54) is 115 Å². The number of benzene rings is 6. The summed E-state index contributed by atoms with van der Waals surface area (Å²) in [5.41, 5.74) is 17.0. The van der Waals surface area contributed by atoms with Crippen molar-refractivity contribution in [1.82, 2.24) is 9.97 Å². The molecule has 8 aromatic rings. The minimum Gasteiger partial charge on any atom is -0.493 e. The van der Waals surface area contributed by atoms with E-state index in [1.807, 2.05) is 0 Å². The van der Waals surface area contributed by atoms with Crippen molar-refractivity contribution in [3.05, 3.63) is 156 Å². The molecular formula is C55H46N8O11S2. The SMILES string of the molecule is COc1cc(-c2cc(-c3ccc(NS(=O)(=O)c4cccc(C(=O)c5cccc(S(=O)(=O)Nc6ccc(-c7cc(-c8cc(OC)c(OC)c(OC)c8)c(C#N)c(N)n7)cc6)c5)c4)cc3)nc(N)c2C#N)cc(OC)c1OC. The molecular weight excluding hydrogens is 1010 g/mol. The van der Waals surface area contributed by atoms with Gasteiger partial charge in [0.25, 0.3) is 20.0 Å². The fourth-order valence-electron chi connectivity index (χ4n) is 8.21. The first-order chi connectivity index (χ1) is 36.5. The van der Waals surface area contributed by atoms with E-state index in [2.05, 4.69) is 31.6 Å². The first-order valence-electron chi connectivity index (χ1n) is 22.5. The number of anilines is 4. The van der Waals surface area contributed by atoms with Gasteiger partial charge in [0.15, 0.2) is 28.8 Å². The Balaban J connectivity index is 0.977. The van der Waals surface area contributed by atoms with E-state index in [0.717, 1.165) is 0 Å². The van der Waals surface area contributed by atoms with Crippen molar-refractivity contribution in [2.45, 2.75) is 9.79 Å². The van der Waals surface area contributed by atoms with Gasteiger partial charge in [0.1, 0.15) is 34.9 Å². The van der Waals surface area contributed by atoms with Gasteiger partial charge >= 0.3 is 0 Å². The van der Waals surface area contributed by atoms with Gasteiger partial charge < -0.3 is 39.9 Å². The Kier molecular flexibility index (Phi) is 15.0. The average molecular weight is 1060 g/mol. The lowest BCUT2D eigenvalue weighted by atomic mass is 9.97. The van der Waals surface area contributed by atoms with Gasteiger partial charge in [0.2, 0.25) is 11.5 Å². The van der Waals surface area contributed by atoms with Crippen LogP contribution in [0, 0.1) is 22.7 Å². The quantitative estimate of drug-likeness (QED) is 0.0583. The number of methoxy groups -OCH3 is 6. The van der Waals surface area contributed by atoms with Gasteiger partial charge in [-0.05, 0) is 96.1 Å². The summed E-state index contributed by atoms with van der Waals surface area (Å²) in [6, 6.07) is 37.5. The summed E-state index contributed by atoms with van der Waals surface area (Å²) < 4.78 is 93.0. The van der Waals surface area contributed by atoms with Crippen LogP contribution >= 0.6 is 0 Å². The van der Waals surface area contributed by atoms with Gasteiger partial charge in [-0.2, -0.15) is 10.5 Å². The summed E-state index contributed by atoms with van der Waals surface area (Å²) in [6.07, 6.45) is 0. The van der Waals surface area contributed by atoms with Crippen LogP contribution in [0.5, 0.6) is 34.5 Å². The van der Waals surface area contributed by atoms with E-state index in [-0.39, 0.29) is 55.1 Å². The number of nitrogens with zero attached hydrogens (tertiary/aromatic N) is 4. The average Bonchev–Trinajstić information content (AvgIpc) is 3.46. The third-order valence-corrected chi connectivity index (χ3v) is 14.7. The Morgan fingerprint density at radius 2 is 0.816 bits per heavy atom. The summed E-state index contributed by atoms with van der Waals surface area (Å²) in [6.45, 7) is 0. The second-order valence-electron chi connectivity index (χ2n) is 16.4. The number of sulfonamides is 2. The number of carbonyl (C=O) groups is 1. The third kappa shape index (κ3) is 10.5. The van der Waals surface area contributed by atoms with Crippen molar-refractivity contribution < 1.29 is 50.1 Å². The number of hydrogen-bond donors (Lipinski definition) is 4. The van der Waals surface area contributed by atoms with E-state index in [9.17, 15) is 32.2 Å². The lowest BCUT2D eigenvalue weighted by Crippen LogP contribution is -2.15. The van der Waals surface area contributed by atoms with Crippen LogP contribution in [0.3, 0.4) is 0 Å². The normalized spacial score (nSPS) is 11.1. The fraction of sp³-hybridized carbons (Fsp3) is 0.109. The van der Waals surface area contributed by atoms with Gasteiger partial charge in [-0.1, -0.05) is 48.5 Å². The molecule has 0 aliphatic rings. The van der Waals surface area contributed by atoms with Crippen LogP contribution in [0.2, 0.25) is 0 Å². The zero-order chi connectivity index (χ0) is 54.5. The first-order valence-corrected chi connectivity index (χ1v) is 25.5. The Hall–Kier alpha value is -9.83. The van der Waals surface area contributed by atoms with Crippen LogP contribution in [0.4, 0.5) is 23.0 Å². The number of pyridine rings is 2. The molecule has 0 saturated carbocycles. The molecule has 0 unspecified atom stereocenters. The molecule has 0 bridgehead atoms. The van der Waals surface area contributed by atoms with Gasteiger partial charge in [0.05, 0.1) is 63.8 Å². The topological polar surface area (TPSA) is 290 Å². The van der Waals surface area contributed by atoms with Crippen molar-refractivity contribution in [2.24, 2.45) is 0 Å². The minimum absolute atomic E-state index is 0.0193. The maximum absolute atomic E-state index is 13.9. The molecule has 2 heterocycles. The molecule has 6 aromatic carbocycles. The number of hydrogen-bond acceptors (Lipinski definition) is 17. The van der Waals surface area contributed by atoms with Crippen LogP contribution in [0.15, 0.2) is 143 Å². The van der Waals surface area contributed by atoms with Crippen molar-refractivity contribution >= 4 is 48.8 Å². The number of nitrogens with one attached hydrogen (secondary N) is 2. The second kappa shape index (κ2) is 21.7. The highest BCUT2D eigenvalue weighted by molar-refractivity contribution is 7.93. The van der Waals surface area contributed by atoms with Gasteiger partial charge in [0, 0.05) is 44.8 Å². The smallest absolute Gasteiger partial charge is 0.261 e. The monoisotopic (exact) mass is 1060 g/mol. The number of carbonyl (C=O) groups excluding carboxylic acids is 1. The van der Waals surface area contributed by atoms with Gasteiger partial charge in [-0.3, -0.25) is 14.2 Å². The second-order valence-corrected chi connectivity index (χ2v) is 19.8. The Labute approximate surface area is 437 Å². The number of aromatic nitrogens is 2. The molecule has 0 saturated heterocycles. The molecule has 76 heavy (non-hydrogen) atoms. The molecule has 2 aromatic heterocycles. The highest BCUT2D eigenvalue weighted by Gasteiger charge is 2.24. The molecule has 0 aliphatic carbocycles. The number of nitriles is 2. The zero-order valence-corrected chi connectivity index (χ0v) is 43.1. The van der Waals surface area contributed by atoms with E-state index in [1.54, 1.807) is 60.7 Å². The molecule has 8 rings (SSSR count). The molecule has 0 amide bonds. The minimum atomic E-state index is -4.27. The van der Waals surface area contributed by atoms with Gasteiger partial charge in [-0.15, -0.1) is 0 Å². The van der Waals surface area contributed by atoms with Crippen molar-refractivity contribution in [3.63, 3.8) is 0 Å². The summed E-state index contributed by atoms with van der Waals surface area (Å²) >= 11 is 0. The molecule has 19 nitrogen and oxygen atoms in total. The van der Waals surface area contributed by atoms with Crippen LogP contribution in [0.1, 0.15) is 27.0 Å². The molecule has 384 valence electrons. The Morgan fingerprint density at radius 1 is 0.474 bits per heavy atom. The molecule has 0 radical (unpaired) electrons. The Morgan fingerprint density at radius 3 is 1.12 bits per heavy atom. The molecule has 21 heteroatoms.